The van der Waals surface area contributed by atoms with Crippen LogP contribution < -0.4 is 10.6 Å². The third-order valence-corrected chi connectivity index (χ3v) is 3.50. The summed E-state index contributed by atoms with van der Waals surface area (Å²) < 4.78 is 5.29. The molecule has 0 saturated heterocycles. The van der Waals surface area contributed by atoms with Crippen molar-refractivity contribution in [2.75, 3.05) is 17.7 Å². The first-order chi connectivity index (χ1) is 11.6. The average molecular weight is 324 g/mol. The molecule has 3 aromatic rings. The number of nitrogen functional groups attached to an aromatic ring is 1. The standard InChI is InChI=1S/C17H16N4O3/c1-21(10-11-6-3-2-4-7-11)15-13(16(22)23)14(19-17(18)20-15)12-8-5-9-24-12/h2-9H,10H2,1H3,(H,22,23)(H2,18,19,20). The van der Waals surface area contributed by atoms with E-state index in [9.17, 15) is 9.90 Å². The molecule has 0 atom stereocenters. The van der Waals surface area contributed by atoms with Crippen molar-refractivity contribution in [1.29, 1.82) is 0 Å². The van der Waals surface area contributed by atoms with Crippen LogP contribution in [0.5, 0.6) is 0 Å². The second-order valence-electron chi connectivity index (χ2n) is 5.25. The van der Waals surface area contributed by atoms with Gasteiger partial charge >= 0.3 is 5.97 Å². The molecule has 0 aliphatic carbocycles. The van der Waals surface area contributed by atoms with Gasteiger partial charge in [0.1, 0.15) is 17.1 Å². The monoisotopic (exact) mass is 324 g/mol. The van der Waals surface area contributed by atoms with Crippen LogP contribution in [0.4, 0.5) is 11.8 Å². The fourth-order valence-electron chi connectivity index (χ4n) is 2.46. The van der Waals surface area contributed by atoms with E-state index in [2.05, 4.69) is 9.97 Å². The number of hydrogen-bond donors (Lipinski definition) is 2. The Bertz CT molecular complexity index is 848. The lowest BCUT2D eigenvalue weighted by molar-refractivity contribution is 0.0697. The first kappa shape index (κ1) is 15.5. The van der Waals surface area contributed by atoms with Gasteiger partial charge in [-0.25, -0.2) is 9.78 Å². The molecule has 0 spiro atoms. The SMILES string of the molecule is CN(Cc1ccccc1)c1nc(N)nc(-c2ccco2)c1C(=O)O. The van der Waals surface area contributed by atoms with E-state index in [1.165, 1.54) is 6.26 Å². The van der Waals surface area contributed by atoms with Crippen molar-refractivity contribution in [3.05, 3.63) is 59.9 Å². The number of carboxylic acids is 1. The predicted molar refractivity (Wildman–Crippen MR) is 89.7 cm³/mol. The highest BCUT2D eigenvalue weighted by Crippen LogP contribution is 2.30. The first-order valence-electron chi connectivity index (χ1n) is 7.26. The Hall–Kier alpha value is -3.35. The van der Waals surface area contributed by atoms with Gasteiger partial charge in [-0.3, -0.25) is 0 Å². The van der Waals surface area contributed by atoms with Crippen molar-refractivity contribution < 1.29 is 14.3 Å². The molecule has 0 aliphatic heterocycles. The van der Waals surface area contributed by atoms with E-state index < -0.39 is 5.97 Å². The second kappa shape index (κ2) is 6.41. The number of anilines is 2. The maximum absolute atomic E-state index is 11.8. The maximum atomic E-state index is 11.8. The molecule has 7 heteroatoms. The van der Waals surface area contributed by atoms with Gasteiger partial charge in [0, 0.05) is 13.6 Å². The van der Waals surface area contributed by atoms with E-state index in [1.54, 1.807) is 24.1 Å². The number of rotatable bonds is 5. The summed E-state index contributed by atoms with van der Waals surface area (Å²) in [7, 11) is 1.76. The van der Waals surface area contributed by atoms with Crippen LogP contribution in [0.1, 0.15) is 15.9 Å². The topological polar surface area (TPSA) is 105 Å². The second-order valence-corrected chi connectivity index (χ2v) is 5.25. The van der Waals surface area contributed by atoms with Gasteiger partial charge in [0.15, 0.2) is 5.76 Å². The van der Waals surface area contributed by atoms with E-state index in [0.29, 0.717) is 12.3 Å². The van der Waals surface area contributed by atoms with Gasteiger partial charge in [0.25, 0.3) is 0 Å². The summed E-state index contributed by atoms with van der Waals surface area (Å²) in [4.78, 5) is 21.7. The molecule has 2 aromatic heterocycles. The van der Waals surface area contributed by atoms with Crippen LogP contribution in [0.25, 0.3) is 11.5 Å². The number of nitrogens with two attached hydrogens (primary N) is 1. The number of benzene rings is 1. The third kappa shape index (κ3) is 3.05. The zero-order valence-corrected chi connectivity index (χ0v) is 13.0. The van der Waals surface area contributed by atoms with Crippen LogP contribution in [-0.4, -0.2) is 28.1 Å². The summed E-state index contributed by atoms with van der Waals surface area (Å²) in [6, 6.07) is 13.0. The molecule has 3 rings (SSSR count). The normalized spacial score (nSPS) is 10.5. The highest BCUT2D eigenvalue weighted by molar-refractivity contribution is 5.99. The molecular weight excluding hydrogens is 308 g/mol. The largest absolute Gasteiger partial charge is 0.477 e. The van der Waals surface area contributed by atoms with Crippen molar-refractivity contribution in [2.24, 2.45) is 0 Å². The minimum Gasteiger partial charge on any atom is -0.477 e. The molecule has 2 heterocycles. The minimum atomic E-state index is -1.14. The number of nitrogens with zero attached hydrogens (tertiary/aromatic N) is 3. The van der Waals surface area contributed by atoms with Gasteiger partial charge in [-0.05, 0) is 17.7 Å². The van der Waals surface area contributed by atoms with Crippen molar-refractivity contribution in [3.63, 3.8) is 0 Å². The van der Waals surface area contributed by atoms with E-state index in [-0.39, 0.29) is 23.0 Å². The molecule has 1 aromatic carbocycles. The van der Waals surface area contributed by atoms with E-state index in [1.807, 2.05) is 30.3 Å². The maximum Gasteiger partial charge on any atom is 0.341 e. The summed E-state index contributed by atoms with van der Waals surface area (Å²) in [5.41, 5.74) is 6.92. The lowest BCUT2D eigenvalue weighted by Gasteiger charge is -2.21. The minimum absolute atomic E-state index is 0.0127. The van der Waals surface area contributed by atoms with E-state index in [4.69, 9.17) is 10.2 Å². The highest BCUT2D eigenvalue weighted by atomic mass is 16.4. The molecule has 0 aliphatic rings. The molecule has 0 amide bonds. The molecule has 0 fully saturated rings. The Labute approximate surface area is 138 Å². The molecule has 0 bridgehead atoms. The Morgan fingerprint density at radius 3 is 2.58 bits per heavy atom. The molecule has 0 unspecified atom stereocenters. The number of carbonyl (C=O) groups is 1. The fourth-order valence-corrected chi connectivity index (χ4v) is 2.46. The summed E-state index contributed by atoms with van der Waals surface area (Å²) in [6.45, 7) is 0.481. The lowest BCUT2D eigenvalue weighted by Crippen LogP contribution is -2.22. The van der Waals surface area contributed by atoms with Crippen LogP contribution in [-0.2, 0) is 6.54 Å². The van der Waals surface area contributed by atoms with Gasteiger partial charge in [-0.1, -0.05) is 30.3 Å². The van der Waals surface area contributed by atoms with Crippen molar-refractivity contribution in [1.82, 2.24) is 9.97 Å². The van der Waals surface area contributed by atoms with Gasteiger partial charge in [-0.2, -0.15) is 4.98 Å². The summed E-state index contributed by atoms with van der Waals surface area (Å²) in [5, 5.41) is 9.66. The van der Waals surface area contributed by atoms with E-state index in [0.717, 1.165) is 5.56 Å². The Balaban J connectivity index is 2.08. The molecular formula is C17H16N4O3. The number of carboxylic acid groups (broad SMARTS) is 1. The fraction of sp³-hybridized carbons (Fsp3) is 0.118. The molecule has 0 saturated carbocycles. The smallest absolute Gasteiger partial charge is 0.341 e. The van der Waals surface area contributed by atoms with Crippen LogP contribution >= 0.6 is 0 Å². The lowest BCUT2D eigenvalue weighted by atomic mass is 10.1. The Kier molecular flexibility index (Phi) is 4.15. The van der Waals surface area contributed by atoms with Crippen LogP contribution in [0.15, 0.2) is 53.1 Å². The number of furan rings is 1. The zero-order valence-electron chi connectivity index (χ0n) is 13.0. The summed E-state index contributed by atoms with van der Waals surface area (Å²) in [5.74, 6) is -0.585. The summed E-state index contributed by atoms with van der Waals surface area (Å²) >= 11 is 0. The van der Waals surface area contributed by atoms with Gasteiger partial charge in [-0.15, -0.1) is 0 Å². The quantitative estimate of drug-likeness (QED) is 0.743. The van der Waals surface area contributed by atoms with Crippen molar-refractivity contribution in [2.45, 2.75) is 6.54 Å². The Morgan fingerprint density at radius 2 is 1.96 bits per heavy atom. The zero-order chi connectivity index (χ0) is 17.1. The number of aromatic nitrogens is 2. The van der Waals surface area contributed by atoms with Crippen molar-refractivity contribution >= 4 is 17.7 Å². The van der Waals surface area contributed by atoms with Crippen molar-refractivity contribution in [3.8, 4) is 11.5 Å². The molecule has 3 N–H and O–H groups in total. The van der Waals surface area contributed by atoms with E-state index >= 15 is 0 Å². The van der Waals surface area contributed by atoms with Gasteiger partial charge in [0.05, 0.1) is 6.26 Å². The van der Waals surface area contributed by atoms with Crippen LogP contribution in [0.3, 0.4) is 0 Å². The highest BCUT2D eigenvalue weighted by Gasteiger charge is 2.25. The van der Waals surface area contributed by atoms with Gasteiger partial charge < -0.3 is 20.2 Å². The third-order valence-electron chi connectivity index (χ3n) is 3.50. The van der Waals surface area contributed by atoms with Crippen LogP contribution in [0.2, 0.25) is 0 Å². The van der Waals surface area contributed by atoms with Gasteiger partial charge in [0.2, 0.25) is 5.95 Å². The average Bonchev–Trinajstić information content (AvgIpc) is 3.09. The Morgan fingerprint density at radius 1 is 1.21 bits per heavy atom. The number of aromatic carboxylic acids is 1. The first-order valence-corrected chi connectivity index (χ1v) is 7.26. The molecule has 0 radical (unpaired) electrons. The summed E-state index contributed by atoms with van der Waals surface area (Å²) in [6.07, 6.45) is 1.45. The molecule has 7 nitrogen and oxygen atoms in total. The molecule has 122 valence electrons. The molecule has 24 heavy (non-hydrogen) atoms. The van der Waals surface area contributed by atoms with Crippen LogP contribution in [0, 0.1) is 0 Å². The predicted octanol–water partition coefficient (Wildman–Crippen LogP) is 2.65. The number of hydrogen-bond acceptors (Lipinski definition) is 6.